The number of aryl methyl sites for hydroxylation is 1. The van der Waals surface area contributed by atoms with E-state index in [1.807, 2.05) is 54.6 Å². The number of ether oxygens (including phenoxy) is 3. The first-order chi connectivity index (χ1) is 33.2. The lowest BCUT2D eigenvalue weighted by atomic mass is 9.94. The topological polar surface area (TPSA) is 209 Å². The van der Waals surface area contributed by atoms with Gasteiger partial charge < -0.3 is 35.3 Å². The van der Waals surface area contributed by atoms with Crippen molar-refractivity contribution in [2.75, 3.05) is 18.5 Å². The number of carbonyl (C=O) groups is 3. The minimum absolute atomic E-state index is 0.0913. The summed E-state index contributed by atoms with van der Waals surface area (Å²) >= 11 is 13.0. The molecule has 15 nitrogen and oxygen atoms in total. The molecule has 0 aliphatic carbocycles. The van der Waals surface area contributed by atoms with Crippen molar-refractivity contribution in [2.24, 2.45) is 0 Å². The van der Waals surface area contributed by atoms with Crippen LogP contribution in [-0.4, -0.2) is 71.9 Å². The van der Waals surface area contributed by atoms with Crippen molar-refractivity contribution in [1.29, 1.82) is 5.26 Å². The number of rotatable bonds is 14. The van der Waals surface area contributed by atoms with E-state index < -0.39 is 46.1 Å². The smallest absolute Gasteiger partial charge is 0.326 e. The van der Waals surface area contributed by atoms with E-state index in [1.165, 1.54) is 6.92 Å². The number of fused-ring (bicyclic) bond motifs is 2. The molecule has 69 heavy (non-hydrogen) atoms. The Morgan fingerprint density at radius 1 is 0.942 bits per heavy atom. The van der Waals surface area contributed by atoms with Crippen LogP contribution < -0.4 is 30.2 Å². The van der Waals surface area contributed by atoms with E-state index in [-0.39, 0.29) is 53.5 Å². The molecule has 9 rings (SSSR count). The minimum Gasteiger partial charge on any atom is -0.489 e. The predicted molar refractivity (Wildman–Crippen MR) is 259 cm³/mol. The fourth-order valence-electron chi connectivity index (χ4n) is 8.50. The summed E-state index contributed by atoms with van der Waals surface area (Å²) in [6.07, 6.45) is 0.733. The Balaban J connectivity index is 0.956. The number of hydrogen-bond acceptors (Lipinski definition) is 12. The summed E-state index contributed by atoms with van der Waals surface area (Å²) in [6.45, 7) is 2.37. The van der Waals surface area contributed by atoms with Gasteiger partial charge in [-0.2, -0.15) is 9.57 Å². The van der Waals surface area contributed by atoms with Crippen molar-refractivity contribution in [2.45, 2.75) is 74.2 Å². The van der Waals surface area contributed by atoms with Gasteiger partial charge in [-0.25, -0.2) is 18.2 Å². The Labute approximate surface area is 412 Å². The van der Waals surface area contributed by atoms with Crippen molar-refractivity contribution in [3.8, 4) is 34.4 Å². The first-order valence-electron chi connectivity index (χ1n) is 22.0. The van der Waals surface area contributed by atoms with Crippen LogP contribution in [0.2, 0.25) is 10.0 Å². The Kier molecular flexibility index (Phi) is 13.9. The van der Waals surface area contributed by atoms with Crippen molar-refractivity contribution in [3.63, 3.8) is 0 Å². The molecular formula is C50H44Cl2N6O9S2. The number of nitrogens with zero attached hydrogens (tertiary/aromatic N) is 3. The molecule has 1 unspecified atom stereocenters. The third-order valence-electron chi connectivity index (χ3n) is 12.2. The van der Waals surface area contributed by atoms with Crippen molar-refractivity contribution in [3.05, 3.63) is 152 Å². The quantitative estimate of drug-likeness (QED) is 0.0818. The van der Waals surface area contributed by atoms with Gasteiger partial charge in [0.2, 0.25) is 11.8 Å². The molecule has 3 aliphatic rings. The van der Waals surface area contributed by atoms with E-state index in [9.17, 15) is 27.9 Å². The van der Waals surface area contributed by atoms with Crippen LogP contribution in [0.15, 0.2) is 107 Å². The SMILES string of the molecule is Cc1nc(NC(=O)[C@@H]2CCCN2)sc1S(=O)(=O)N1Cc2cc3c(cc2CC1C(=O)N[C@@H](Cc1ccc(-c2ccc(C#N)cc2)cc1)C(=O)O)OC[C@H](c1ccc(OCc2ccc(Cl)c(Cl)c2)cc1)O3. The van der Waals surface area contributed by atoms with Gasteiger partial charge in [-0.15, -0.1) is 0 Å². The normalized spacial score (nSPS) is 18.1. The highest BCUT2D eigenvalue weighted by atomic mass is 35.5. The number of hydrogen-bond donors (Lipinski definition) is 4. The van der Waals surface area contributed by atoms with Gasteiger partial charge in [0.05, 0.1) is 33.4 Å². The van der Waals surface area contributed by atoms with Crippen molar-refractivity contribution in [1.82, 2.24) is 19.9 Å². The number of carboxylic acid groups (broad SMARTS) is 1. The van der Waals surface area contributed by atoms with Crippen LogP contribution in [0.1, 0.15) is 58.0 Å². The molecule has 2 amide bonds. The van der Waals surface area contributed by atoms with Gasteiger partial charge in [-0.3, -0.25) is 9.59 Å². The van der Waals surface area contributed by atoms with Crippen molar-refractivity contribution >= 4 is 67.5 Å². The Morgan fingerprint density at radius 3 is 2.33 bits per heavy atom. The van der Waals surface area contributed by atoms with Gasteiger partial charge in [-0.05, 0) is 120 Å². The summed E-state index contributed by atoms with van der Waals surface area (Å²) in [4.78, 5) is 44.6. The lowest BCUT2D eigenvalue weighted by molar-refractivity contribution is -0.142. The highest BCUT2D eigenvalue weighted by Crippen LogP contribution is 2.43. The molecule has 4 atom stereocenters. The Hall–Kier alpha value is -6.52. The highest BCUT2D eigenvalue weighted by molar-refractivity contribution is 7.91. The number of carboxylic acids is 1. The summed E-state index contributed by atoms with van der Waals surface area (Å²) < 4.78 is 49.3. The summed E-state index contributed by atoms with van der Waals surface area (Å²) in [6, 6.07) is 29.2. The van der Waals surface area contributed by atoms with E-state index in [2.05, 4.69) is 27.0 Å². The van der Waals surface area contributed by atoms with Crippen LogP contribution in [0.4, 0.5) is 5.13 Å². The second-order valence-corrected chi connectivity index (χ2v) is 20.8. The molecule has 0 spiro atoms. The molecule has 5 aromatic carbocycles. The van der Waals surface area contributed by atoms with Crippen LogP contribution in [0.5, 0.6) is 17.2 Å². The number of sulfonamides is 1. The monoisotopic (exact) mass is 1010 g/mol. The van der Waals surface area contributed by atoms with Crippen LogP contribution >= 0.6 is 34.5 Å². The molecule has 1 aromatic heterocycles. The van der Waals surface area contributed by atoms with Crippen LogP contribution in [0.25, 0.3) is 11.1 Å². The van der Waals surface area contributed by atoms with Gasteiger partial charge in [-0.1, -0.05) is 89.1 Å². The average molecular weight is 1010 g/mol. The van der Waals surface area contributed by atoms with Crippen molar-refractivity contribution < 1.29 is 42.1 Å². The number of carbonyl (C=O) groups excluding carboxylic acids is 2. The summed E-state index contributed by atoms with van der Waals surface area (Å²) in [7, 11) is -4.52. The number of benzene rings is 5. The number of thiazole rings is 1. The second-order valence-electron chi connectivity index (χ2n) is 16.9. The summed E-state index contributed by atoms with van der Waals surface area (Å²) in [5.41, 5.74) is 5.82. The first-order valence-corrected chi connectivity index (χ1v) is 25.0. The zero-order chi connectivity index (χ0) is 48.4. The summed E-state index contributed by atoms with van der Waals surface area (Å²) in [5.74, 6) is -1.04. The standard InChI is InChI=1S/C50H44Cl2N6O9S2/c1-28-49(68-50(55-28)57-46(59)40-3-2-18-54-40)69(63,64)58-25-36-23-44-43(66-27-45(67-44)34-13-15-37(16-14-34)65-26-31-8-17-38(51)39(52)19-31)22-35(36)21-42(58)47(60)56-41(48(61)62)20-29-4-9-32(10-5-29)33-11-6-30(24-53)7-12-33/h4-17,19,22-23,40-42,45,54H,2-3,18,20-21,25-27H2,1H3,(H,56,60)(H,61,62)(H,55,57,59)/t40-,41-,42?,45+/m0/s1. The maximum Gasteiger partial charge on any atom is 0.326 e. The number of halogens is 2. The largest absolute Gasteiger partial charge is 0.489 e. The fourth-order valence-corrected chi connectivity index (χ4v) is 11.9. The molecule has 1 fully saturated rings. The molecule has 1 saturated heterocycles. The van der Waals surface area contributed by atoms with E-state index in [1.54, 1.807) is 48.5 Å². The predicted octanol–water partition coefficient (Wildman–Crippen LogP) is 8.01. The van der Waals surface area contributed by atoms with Crippen LogP contribution in [-0.2, 0) is 50.4 Å². The number of nitriles is 1. The maximum absolute atomic E-state index is 14.9. The highest BCUT2D eigenvalue weighted by Gasteiger charge is 2.43. The molecule has 0 radical (unpaired) electrons. The lowest BCUT2D eigenvalue weighted by Gasteiger charge is -2.36. The van der Waals surface area contributed by atoms with Gasteiger partial charge in [0, 0.05) is 13.0 Å². The van der Waals surface area contributed by atoms with Gasteiger partial charge >= 0.3 is 5.97 Å². The second kappa shape index (κ2) is 20.2. The number of aromatic nitrogens is 1. The third-order valence-corrected chi connectivity index (χ3v) is 16.5. The van der Waals surface area contributed by atoms with Gasteiger partial charge in [0.1, 0.15) is 31.0 Å². The average Bonchev–Trinajstić information content (AvgIpc) is 4.04. The minimum atomic E-state index is -4.52. The zero-order valence-electron chi connectivity index (χ0n) is 36.9. The molecular weight excluding hydrogens is 964 g/mol. The van der Waals surface area contributed by atoms with E-state index >= 15 is 0 Å². The molecule has 0 bridgehead atoms. The van der Waals surface area contributed by atoms with Crippen LogP contribution in [0.3, 0.4) is 0 Å². The lowest BCUT2D eigenvalue weighted by Crippen LogP contribution is -2.55. The third kappa shape index (κ3) is 10.6. The first kappa shape index (κ1) is 47.5. The molecule has 6 aromatic rings. The number of anilines is 1. The number of nitrogens with one attached hydrogen (secondary N) is 3. The van der Waals surface area contributed by atoms with Gasteiger partial charge in [0.15, 0.2) is 26.9 Å². The molecule has 4 heterocycles. The zero-order valence-corrected chi connectivity index (χ0v) is 40.1. The molecule has 4 N–H and O–H groups in total. The van der Waals surface area contributed by atoms with Gasteiger partial charge in [0.25, 0.3) is 10.0 Å². The molecule has 3 aliphatic heterocycles. The Bertz CT molecular complexity index is 3090. The molecule has 0 saturated carbocycles. The number of aliphatic carboxylic acids is 1. The summed E-state index contributed by atoms with van der Waals surface area (Å²) in [5, 5.41) is 29.0. The molecule has 354 valence electrons. The van der Waals surface area contributed by atoms with Crippen LogP contribution in [0, 0.1) is 18.3 Å². The molecule has 19 heteroatoms. The van der Waals surface area contributed by atoms with E-state index in [0.29, 0.717) is 62.5 Å². The fraction of sp³-hybridized carbons (Fsp3) is 0.260. The maximum atomic E-state index is 14.9. The Morgan fingerprint density at radius 2 is 1.65 bits per heavy atom. The van der Waals surface area contributed by atoms with E-state index in [4.69, 9.17) is 42.7 Å². The van der Waals surface area contributed by atoms with E-state index in [0.717, 1.165) is 44.3 Å². The number of amides is 2.